The first-order valence-corrected chi connectivity index (χ1v) is 8.29. The lowest BCUT2D eigenvalue weighted by Gasteiger charge is -2.30. The van der Waals surface area contributed by atoms with Crippen molar-refractivity contribution in [1.82, 2.24) is 5.32 Å². The lowest BCUT2D eigenvalue weighted by atomic mass is 9.86. The van der Waals surface area contributed by atoms with E-state index in [1.54, 1.807) is 7.11 Å². The highest BCUT2D eigenvalue weighted by Gasteiger charge is 2.23. The van der Waals surface area contributed by atoms with E-state index in [-0.39, 0.29) is 0 Å². The maximum absolute atomic E-state index is 5.41. The third kappa shape index (κ3) is 3.17. The molecule has 1 aromatic rings. The summed E-state index contributed by atoms with van der Waals surface area (Å²) in [5, 5.41) is 3.95. The molecule has 0 heterocycles. The van der Waals surface area contributed by atoms with Crippen molar-refractivity contribution in [1.29, 1.82) is 0 Å². The molecule has 0 amide bonds. The minimum Gasteiger partial charge on any atom is -0.497 e. The first-order chi connectivity index (χ1) is 9.86. The third-order valence-corrected chi connectivity index (χ3v) is 4.96. The van der Waals surface area contributed by atoms with Gasteiger partial charge in [-0.15, -0.1) is 0 Å². The minimum absolute atomic E-state index is 0.539. The zero-order valence-electron chi connectivity index (χ0n) is 12.7. The first kappa shape index (κ1) is 13.9. The van der Waals surface area contributed by atoms with E-state index in [1.165, 1.54) is 68.9 Å². The van der Waals surface area contributed by atoms with E-state index in [0.717, 1.165) is 11.8 Å². The van der Waals surface area contributed by atoms with Gasteiger partial charge in [0.2, 0.25) is 0 Å². The molecule has 0 bridgehead atoms. The summed E-state index contributed by atoms with van der Waals surface area (Å²) in [6, 6.07) is 7.88. The highest BCUT2D eigenvalue weighted by Crippen LogP contribution is 2.33. The van der Waals surface area contributed by atoms with E-state index in [0.29, 0.717) is 6.04 Å². The third-order valence-electron chi connectivity index (χ3n) is 4.96. The van der Waals surface area contributed by atoms with E-state index < -0.39 is 0 Å². The van der Waals surface area contributed by atoms with Crippen molar-refractivity contribution in [2.75, 3.05) is 7.11 Å². The molecular weight excluding hydrogens is 246 g/mol. The summed E-state index contributed by atoms with van der Waals surface area (Å²) in [4.78, 5) is 0. The van der Waals surface area contributed by atoms with Gasteiger partial charge in [-0.3, -0.25) is 0 Å². The van der Waals surface area contributed by atoms with Gasteiger partial charge in [-0.05, 0) is 55.4 Å². The van der Waals surface area contributed by atoms with Crippen LogP contribution in [0, 0.1) is 0 Å². The van der Waals surface area contributed by atoms with Gasteiger partial charge in [0.15, 0.2) is 0 Å². The number of hydrogen-bond donors (Lipinski definition) is 1. The van der Waals surface area contributed by atoms with Gasteiger partial charge >= 0.3 is 0 Å². The highest BCUT2D eigenvalue weighted by atomic mass is 16.5. The fourth-order valence-electron chi connectivity index (χ4n) is 3.81. The maximum Gasteiger partial charge on any atom is 0.119 e. The van der Waals surface area contributed by atoms with E-state index in [9.17, 15) is 0 Å². The minimum atomic E-state index is 0.539. The van der Waals surface area contributed by atoms with Crippen LogP contribution in [0.15, 0.2) is 18.2 Å². The smallest absolute Gasteiger partial charge is 0.119 e. The molecule has 110 valence electrons. The highest BCUT2D eigenvalue weighted by molar-refractivity contribution is 5.39. The van der Waals surface area contributed by atoms with E-state index in [4.69, 9.17) is 4.74 Å². The van der Waals surface area contributed by atoms with Gasteiger partial charge in [0.1, 0.15) is 5.75 Å². The average molecular weight is 273 g/mol. The molecule has 0 aliphatic heterocycles. The normalized spacial score (nSPS) is 23.9. The van der Waals surface area contributed by atoms with Crippen molar-refractivity contribution < 1.29 is 4.74 Å². The molecule has 1 aromatic carbocycles. The molecule has 0 radical (unpaired) electrons. The average Bonchev–Trinajstić information content (AvgIpc) is 2.76. The molecule has 0 aromatic heterocycles. The monoisotopic (exact) mass is 273 g/mol. The second kappa shape index (κ2) is 6.62. The second-order valence-electron chi connectivity index (χ2n) is 6.36. The molecule has 2 heteroatoms. The van der Waals surface area contributed by atoms with Crippen LogP contribution in [0.3, 0.4) is 0 Å². The summed E-state index contributed by atoms with van der Waals surface area (Å²) < 4.78 is 5.41. The van der Waals surface area contributed by atoms with Gasteiger partial charge in [-0.1, -0.05) is 31.7 Å². The summed E-state index contributed by atoms with van der Waals surface area (Å²) in [5.74, 6) is 0.998. The van der Waals surface area contributed by atoms with Gasteiger partial charge in [-0.2, -0.15) is 0 Å². The fraction of sp³-hybridized carbons (Fsp3) is 0.667. The molecule has 1 fully saturated rings. The number of aryl methyl sites for hydroxylation is 1. The molecule has 1 saturated carbocycles. The molecule has 2 nitrogen and oxygen atoms in total. The number of benzene rings is 1. The summed E-state index contributed by atoms with van der Waals surface area (Å²) in [7, 11) is 1.76. The number of hydrogen-bond acceptors (Lipinski definition) is 2. The zero-order chi connectivity index (χ0) is 13.8. The molecule has 2 aliphatic rings. The molecule has 1 N–H and O–H groups in total. The Morgan fingerprint density at radius 3 is 2.55 bits per heavy atom. The van der Waals surface area contributed by atoms with Gasteiger partial charge in [-0.25, -0.2) is 0 Å². The van der Waals surface area contributed by atoms with Crippen LogP contribution >= 0.6 is 0 Å². The van der Waals surface area contributed by atoms with Crippen molar-refractivity contribution in [3.8, 4) is 5.75 Å². The SMILES string of the molecule is COc1ccc2c(c1)C(NC1CCCCCC1)CCC2. The zero-order valence-corrected chi connectivity index (χ0v) is 12.7. The summed E-state index contributed by atoms with van der Waals surface area (Å²) >= 11 is 0. The summed E-state index contributed by atoms with van der Waals surface area (Å²) in [6.45, 7) is 0. The van der Waals surface area contributed by atoms with Crippen molar-refractivity contribution in [2.24, 2.45) is 0 Å². The van der Waals surface area contributed by atoms with Crippen molar-refractivity contribution in [2.45, 2.75) is 69.9 Å². The van der Waals surface area contributed by atoms with Crippen LogP contribution in [-0.2, 0) is 6.42 Å². The second-order valence-corrected chi connectivity index (χ2v) is 6.36. The standard InChI is InChI=1S/C18H27NO/c1-20-16-12-11-14-7-6-10-18(17(14)13-16)19-15-8-4-2-3-5-9-15/h11-13,15,18-19H,2-10H2,1H3. The Bertz CT molecular complexity index is 435. The van der Waals surface area contributed by atoms with Crippen molar-refractivity contribution in [3.63, 3.8) is 0 Å². The number of ether oxygens (including phenoxy) is 1. The van der Waals surface area contributed by atoms with E-state index >= 15 is 0 Å². The number of methoxy groups -OCH3 is 1. The topological polar surface area (TPSA) is 21.3 Å². The molecule has 0 spiro atoms. The Morgan fingerprint density at radius 1 is 1.00 bits per heavy atom. The largest absolute Gasteiger partial charge is 0.497 e. The Hall–Kier alpha value is -1.02. The van der Waals surface area contributed by atoms with Crippen molar-refractivity contribution >= 4 is 0 Å². The lowest BCUT2D eigenvalue weighted by Crippen LogP contribution is -2.34. The molecule has 1 unspecified atom stereocenters. The lowest BCUT2D eigenvalue weighted by molar-refractivity contribution is 0.364. The molecule has 3 rings (SSSR count). The Balaban J connectivity index is 1.74. The Labute approximate surface area is 122 Å². The van der Waals surface area contributed by atoms with Gasteiger partial charge < -0.3 is 10.1 Å². The van der Waals surface area contributed by atoms with Crippen LogP contribution in [0.2, 0.25) is 0 Å². The maximum atomic E-state index is 5.41. The summed E-state index contributed by atoms with van der Waals surface area (Å²) in [5.41, 5.74) is 3.00. The number of nitrogens with one attached hydrogen (secondary N) is 1. The van der Waals surface area contributed by atoms with Crippen LogP contribution in [0.25, 0.3) is 0 Å². The summed E-state index contributed by atoms with van der Waals surface area (Å²) in [6.07, 6.45) is 12.2. The van der Waals surface area contributed by atoms with Crippen LogP contribution in [0.4, 0.5) is 0 Å². The predicted molar refractivity (Wildman–Crippen MR) is 83.3 cm³/mol. The number of rotatable bonds is 3. The Kier molecular flexibility index (Phi) is 4.62. The quantitative estimate of drug-likeness (QED) is 0.825. The molecule has 2 aliphatic carbocycles. The molecule has 1 atom stereocenters. The van der Waals surface area contributed by atoms with Gasteiger partial charge in [0.25, 0.3) is 0 Å². The Morgan fingerprint density at radius 2 is 1.80 bits per heavy atom. The van der Waals surface area contributed by atoms with Gasteiger partial charge in [0.05, 0.1) is 7.11 Å². The van der Waals surface area contributed by atoms with Crippen LogP contribution in [0.5, 0.6) is 5.75 Å². The number of fused-ring (bicyclic) bond motifs is 1. The van der Waals surface area contributed by atoms with Crippen LogP contribution < -0.4 is 10.1 Å². The van der Waals surface area contributed by atoms with Gasteiger partial charge in [0, 0.05) is 12.1 Å². The predicted octanol–water partition coefficient (Wildman–Crippen LogP) is 4.39. The van der Waals surface area contributed by atoms with E-state index in [2.05, 4.69) is 23.5 Å². The van der Waals surface area contributed by atoms with Crippen LogP contribution in [-0.4, -0.2) is 13.2 Å². The van der Waals surface area contributed by atoms with Crippen LogP contribution in [0.1, 0.15) is 68.5 Å². The first-order valence-electron chi connectivity index (χ1n) is 8.29. The molecular formula is C18H27NO. The fourth-order valence-corrected chi connectivity index (χ4v) is 3.81. The molecule has 0 saturated heterocycles. The van der Waals surface area contributed by atoms with E-state index in [1.807, 2.05) is 0 Å². The molecule has 20 heavy (non-hydrogen) atoms. The van der Waals surface area contributed by atoms with Crippen molar-refractivity contribution in [3.05, 3.63) is 29.3 Å².